The summed E-state index contributed by atoms with van der Waals surface area (Å²) in [6.45, 7) is 5.52. The number of halogens is 2. The van der Waals surface area contributed by atoms with E-state index in [1.807, 2.05) is 7.05 Å². The van der Waals surface area contributed by atoms with Gasteiger partial charge in [-0.05, 0) is 40.3 Å². The normalized spacial score (nSPS) is 11.2. The van der Waals surface area contributed by atoms with Gasteiger partial charge in [-0.1, -0.05) is 0 Å². The van der Waals surface area contributed by atoms with Gasteiger partial charge in [-0.15, -0.1) is 0 Å². The number of unbranched alkanes of at least 4 members (excludes halogenated alkanes) is 1. The predicted octanol–water partition coefficient (Wildman–Crippen LogP) is 3.41. The summed E-state index contributed by atoms with van der Waals surface area (Å²) in [5, 5.41) is 13.5. The quantitative estimate of drug-likeness (QED) is 0.454. The molecular formula is C14H21F2N3O2. The van der Waals surface area contributed by atoms with Crippen LogP contribution >= 0.6 is 0 Å². The third-order valence-electron chi connectivity index (χ3n) is 3.35. The average Bonchev–Trinajstić information content (AvgIpc) is 2.36. The first-order chi connectivity index (χ1) is 9.82. The first kappa shape index (κ1) is 17.3. The molecule has 21 heavy (non-hydrogen) atoms. The van der Waals surface area contributed by atoms with Crippen molar-refractivity contribution in [2.75, 3.05) is 25.5 Å². The minimum absolute atomic E-state index is 0.116. The molecule has 0 radical (unpaired) electrons. The molecule has 0 unspecified atom stereocenters. The number of nitrogens with zero attached hydrogens (tertiary/aromatic N) is 2. The van der Waals surface area contributed by atoms with Gasteiger partial charge in [0.05, 0.1) is 4.92 Å². The lowest BCUT2D eigenvalue weighted by molar-refractivity contribution is -0.386. The highest BCUT2D eigenvalue weighted by Gasteiger charge is 2.21. The Labute approximate surface area is 123 Å². The number of rotatable bonds is 8. The van der Waals surface area contributed by atoms with E-state index in [2.05, 4.69) is 24.1 Å². The maximum absolute atomic E-state index is 13.4. The maximum Gasteiger partial charge on any atom is 0.327 e. The lowest BCUT2D eigenvalue weighted by Gasteiger charge is -2.20. The smallest absolute Gasteiger partial charge is 0.327 e. The number of nitro groups is 1. The monoisotopic (exact) mass is 301 g/mol. The Morgan fingerprint density at radius 2 is 2.00 bits per heavy atom. The van der Waals surface area contributed by atoms with Crippen molar-refractivity contribution in [2.24, 2.45) is 0 Å². The Balaban J connectivity index is 2.54. The molecule has 0 saturated heterocycles. The van der Waals surface area contributed by atoms with Crippen LogP contribution < -0.4 is 5.32 Å². The first-order valence-electron chi connectivity index (χ1n) is 6.90. The fraction of sp³-hybridized carbons (Fsp3) is 0.571. The molecule has 0 saturated carbocycles. The number of benzene rings is 1. The molecule has 0 aliphatic carbocycles. The summed E-state index contributed by atoms with van der Waals surface area (Å²) in [5.41, 5.74) is -0.828. The summed E-state index contributed by atoms with van der Waals surface area (Å²) >= 11 is 0. The fourth-order valence-electron chi connectivity index (χ4n) is 1.85. The molecule has 0 heterocycles. The number of hydrogen-bond acceptors (Lipinski definition) is 4. The lowest BCUT2D eigenvalue weighted by atomic mass is 10.2. The molecule has 0 spiro atoms. The molecule has 0 bridgehead atoms. The lowest BCUT2D eigenvalue weighted by Crippen LogP contribution is -2.27. The second-order valence-corrected chi connectivity index (χ2v) is 5.25. The van der Waals surface area contributed by atoms with E-state index < -0.39 is 22.2 Å². The second kappa shape index (κ2) is 7.87. The van der Waals surface area contributed by atoms with E-state index in [0.717, 1.165) is 25.5 Å². The number of nitro benzene ring substituents is 1. The van der Waals surface area contributed by atoms with E-state index in [4.69, 9.17) is 0 Å². The Morgan fingerprint density at radius 1 is 1.33 bits per heavy atom. The minimum atomic E-state index is -1.16. The van der Waals surface area contributed by atoms with E-state index in [1.54, 1.807) is 0 Å². The molecule has 0 aliphatic rings. The third kappa shape index (κ3) is 5.26. The maximum atomic E-state index is 13.4. The largest absolute Gasteiger partial charge is 0.379 e. The molecular weight excluding hydrogens is 280 g/mol. The number of anilines is 1. The molecule has 1 aromatic rings. The summed E-state index contributed by atoms with van der Waals surface area (Å²) in [7, 11) is 2.02. The minimum Gasteiger partial charge on any atom is -0.379 e. The van der Waals surface area contributed by atoms with Crippen molar-refractivity contribution < 1.29 is 13.7 Å². The van der Waals surface area contributed by atoms with Crippen molar-refractivity contribution in [1.29, 1.82) is 0 Å². The van der Waals surface area contributed by atoms with E-state index in [0.29, 0.717) is 18.7 Å². The molecule has 0 atom stereocenters. The summed E-state index contributed by atoms with van der Waals surface area (Å²) in [5.74, 6) is -2.00. The van der Waals surface area contributed by atoms with Gasteiger partial charge in [-0.2, -0.15) is 4.39 Å². The van der Waals surface area contributed by atoms with Gasteiger partial charge in [-0.3, -0.25) is 10.1 Å². The Hall–Kier alpha value is -1.76. The molecule has 0 aliphatic heterocycles. The van der Waals surface area contributed by atoms with Crippen molar-refractivity contribution in [1.82, 2.24) is 4.90 Å². The Bertz CT molecular complexity index is 495. The van der Waals surface area contributed by atoms with Crippen LogP contribution in [-0.4, -0.2) is 36.0 Å². The molecule has 0 amide bonds. The summed E-state index contributed by atoms with van der Waals surface area (Å²) in [4.78, 5) is 12.1. The van der Waals surface area contributed by atoms with Gasteiger partial charge in [0.2, 0.25) is 5.82 Å². The van der Waals surface area contributed by atoms with E-state index in [9.17, 15) is 18.9 Å². The fourth-order valence-corrected chi connectivity index (χ4v) is 1.85. The zero-order chi connectivity index (χ0) is 16.0. The third-order valence-corrected chi connectivity index (χ3v) is 3.35. The van der Waals surface area contributed by atoms with Crippen LogP contribution in [-0.2, 0) is 0 Å². The molecule has 0 aromatic heterocycles. The van der Waals surface area contributed by atoms with Crippen molar-refractivity contribution in [2.45, 2.75) is 32.7 Å². The van der Waals surface area contributed by atoms with E-state index in [-0.39, 0.29) is 5.69 Å². The number of nitrogens with one attached hydrogen (secondary N) is 1. The predicted molar refractivity (Wildman–Crippen MR) is 78.5 cm³/mol. The molecule has 1 N–H and O–H groups in total. The topological polar surface area (TPSA) is 58.4 Å². The van der Waals surface area contributed by atoms with Crippen molar-refractivity contribution >= 4 is 11.4 Å². The van der Waals surface area contributed by atoms with Gasteiger partial charge in [0, 0.05) is 24.7 Å². The zero-order valence-electron chi connectivity index (χ0n) is 12.5. The molecule has 118 valence electrons. The van der Waals surface area contributed by atoms with Crippen LogP contribution in [0.25, 0.3) is 0 Å². The van der Waals surface area contributed by atoms with Crippen LogP contribution in [0.15, 0.2) is 12.1 Å². The molecule has 0 fully saturated rings. The van der Waals surface area contributed by atoms with E-state index in [1.165, 1.54) is 0 Å². The highest BCUT2D eigenvalue weighted by atomic mass is 19.1. The van der Waals surface area contributed by atoms with Crippen LogP contribution in [0.4, 0.5) is 20.2 Å². The van der Waals surface area contributed by atoms with Crippen LogP contribution in [0.3, 0.4) is 0 Å². The average molecular weight is 301 g/mol. The van der Waals surface area contributed by atoms with E-state index >= 15 is 0 Å². The Morgan fingerprint density at radius 3 is 2.57 bits per heavy atom. The second-order valence-electron chi connectivity index (χ2n) is 5.25. The molecule has 7 heteroatoms. The summed E-state index contributed by atoms with van der Waals surface area (Å²) in [6, 6.07) is 1.92. The highest BCUT2D eigenvalue weighted by Crippen LogP contribution is 2.28. The van der Waals surface area contributed by atoms with Crippen LogP contribution in [0, 0.1) is 21.7 Å². The molecule has 5 nitrogen and oxygen atoms in total. The van der Waals surface area contributed by atoms with Crippen LogP contribution in [0.1, 0.15) is 26.7 Å². The zero-order valence-corrected chi connectivity index (χ0v) is 12.5. The van der Waals surface area contributed by atoms with Crippen molar-refractivity contribution in [3.63, 3.8) is 0 Å². The van der Waals surface area contributed by atoms with Crippen molar-refractivity contribution in [3.05, 3.63) is 33.9 Å². The summed E-state index contributed by atoms with van der Waals surface area (Å²) < 4.78 is 26.5. The van der Waals surface area contributed by atoms with Gasteiger partial charge in [0.1, 0.15) is 11.5 Å². The summed E-state index contributed by atoms with van der Waals surface area (Å²) in [6.07, 6.45) is 1.65. The molecule has 1 rings (SSSR count). The highest BCUT2D eigenvalue weighted by molar-refractivity contribution is 5.62. The number of hydrogen-bond donors (Lipinski definition) is 1. The van der Waals surface area contributed by atoms with Gasteiger partial charge < -0.3 is 10.2 Å². The van der Waals surface area contributed by atoms with Gasteiger partial charge in [-0.25, -0.2) is 4.39 Å². The van der Waals surface area contributed by atoms with Crippen LogP contribution in [0.5, 0.6) is 0 Å². The van der Waals surface area contributed by atoms with Crippen LogP contribution in [0.2, 0.25) is 0 Å². The van der Waals surface area contributed by atoms with Gasteiger partial charge in [0.25, 0.3) is 0 Å². The molecule has 1 aromatic carbocycles. The van der Waals surface area contributed by atoms with Gasteiger partial charge >= 0.3 is 5.69 Å². The SMILES string of the molecule is CC(C)N(C)CCCCNc1cc(F)cc(F)c1[N+](=O)[O-]. The first-order valence-corrected chi connectivity index (χ1v) is 6.90. The van der Waals surface area contributed by atoms with Crippen molar-refractivity contribution in [3.8, 4) is 0 Å². The Kier molecular flexibility index (Phi) is 6.48. The van der Waals surface area contributed by atoms with Gasteiger partial charge in [0.15, 0.2) is 0 Å². The standard InChI is InChI=1S/C14H21F2N3O2/c1-10(2)18(3)7-5-4-6-17-13-9-11(15)8-12(16)14(13)19(20)21/h8-10,17H,4-7H2,1-3H3.